The molecule has 1 atom stereocenters. The number of carboxylic acid groups (broad SMARTS) is 1. The molecule has 0 saturated heterocycles. The fourth-order valence-electron chi connectivity index (χ4n) is 0.784. The van der Waals surface area contributed by atoms with E-state index in [1.165, 1.54) is 23.1 Å². The Labute approximate surface area is 96.3 Å². The molecule has 84 valence electrons. The maximum absolute atomic E-state index is 11.0. The van der Waals surface area contributed by atoms with Crippen LogP contribution in [-0.4, -0.2) is 39.6 Å². The molecular formula is C8H13N3O2S2. The van der Waals surface area contributed by atoms with Gasteiger partial charge >= 0.3 is 5.97 Å². The topological polar surface area (TPSA) is 75.1 Å². The lowest BCUT2D eigenvalue weighted by Gasteiger charge is -2.22. The van der Waals surface area contributed by atoms with Gasteiger partial charge in [0, 0.05) is 5.75 Å². The third-order valence-corrected chi connectivity index (χ3v) is 4.30. The van der Waals surface area contributed by atoms with Crippen molar-refractivity contribution in [3.8, 4) is 0 Å². The van der Waals surface area contributed by atoms with Gasteiger partial charge in [-0.15, -0.1) is 10.2 Å². The van der Waals surface area contributed by atoms with E-state index >= 15 is 0 Å². The van der Waals surface area contributed by atoms with Crippen molar-refractivity contribution in [1.82, 2.24) is 15.5 Å². The molecule has 0 saturated carbocycles. The Morgan fingerprint density at radius 1 is 1.67 bits per heavy atom. The van der Waals surface area contributed by atoms with Crippen LogP contribution in [-0.2, 0) is 4.79 Å². The first-order valence-corrected chi connectivity index (χ1v) is 6.13. The van der Waals surface area contributed by atoms with Gasteiger partial charge in [-0.1, -0.05) is 23.1 Å². The molecule has 1 rings (SSSR count). The summed E-state index contributed by atoms with van der Waals surface area (Å²) in [5, 5.41) is 20.5. The van der Waals surface area contributed by atoms with Gasteiger partial charge < -0.3 is 10.4 Å². The minimum atomic E-state index is -0.926. The molecule has 0 aliphatic heterocycles. The number of carboxylic acids is 1. The normalized spacial score (nSPS) is 14.9. The molecule has 0 radical (unpaired) electrons. The molecule has 0 bridgehead atoms. The molecule has 0 amide bonds. The van der Waals surface area contributed by atoms with Crippen molar-refractivity contribution >= 4 is 29.1 Å². The Bertz CT molecular complexity index is 355. The van der Waals surface area contributed by atoms with E-state index in [0.29, 0.717) is 5.75 Å². The van der Waals surface area contributed by atoms with Crippen LogP contribution in [0.4, 0.5) is 0 Å². The number of nitrogens with one attached hydrogen (secondary N) is 1. The maximum atomic E-state index is 11.0. The van der Waals surface area contributed by atoms with E-state index in [-0.39, 0.29) is 0 Å². The Kier molecular flexibility index (Phi) is 4.06. The predicted octanol–water partition coefficient (Wildman–Crippen LogP) is 1.00. The average Bonchev–Trinajstić information content (AvgIpc) is 2.60. The van der Waals surface area contributed by atoms with Gasteiger partial charge in [0.25, 0.3) is 0 Å². The number of nitrogens with zero attached hydrogens (tertiary/aromatic N) is 2. The Hall–Kier alpha value is -0.660. The summed E-state index contributed by atoms with van der Waals surface area (Å²) in [4.78, 5) is 11.0. The first kappa shape index (κ1) is 12.4. The molecule has 2 N–H and O–H groups in total. The van der Waals surface area contributed by atoms with Crippen molar-refractivity contribution in [3.63, 3.8) is 0 Å². The standard InChI is InChI=1S/C8H13N3O2S2/c1-5-10-11-7(15-5)14-4-8(2,9-3)6(12)13/h9H,4H2,1-3H3,(H,12,13). The summed E-state index contributed by atoms with van der Waals surface area (Å²) in [7, 11) is 1.64. The summed E-state index contributed by atoms with van der Waals surface area (Å²) in [6.45, 7) is 3.52. The zero-order valence-corrected chi connectivity index (χ0v) is 10.4. The molecular weight excluding hydrogens is 234 g/mol. The largest absolute Gasteiger partial charge is 0.480 e. The number of aliphatic carboxylic acids is 1. The lowest BCUT2D eigenvalue weighted by Crippen LogP contribution is -2.49. The van der Waals surface area contributed by atoms with Gasteiger partial charge in [0.1, 0.15) is 10.5 Å². The number of thioether (sulfide) groups is 1. The van der Waals surface area contributed by atoms with E-state index in [1.807, 2.05) is 6.92 Å². The lowest BCUT2D eigenvalue weighted by atomic mass is 10.1. The molecule has 1 aromatic rings. The second-order valence-electron chi connectivity index (χ2n) is 3.26. The second-order valence-corrected chi connectivity index (χ2v) is 5.67. The highest BCUT2D eigenvalue weighted by molar-refractivity contribution is 8.01. The van der Waals surface area contributed by atoms with Crippen molar-refractivity contribution in [2.24, 2.45) is 0 Å². The zero-order valence-electron chi connectivity index (χ0n) is 8.77. The molecule has 0 fully saturated rings. The van der Waals surface area contributed by atoms with E-state index < -0.39 is 11.5 Å². The van der Waals surface area contributed by atoms with Crippen LogP contribution in [0.25, 0.3) is 0 Å². The molecule has 1 aromatic heterocycles. The van der Waals surface area contributed by atoms with Crippen molar-refractivity contribution in [1.29, 1.82) is 0 Å². The fourth-order valence-corrected chi connectivity index (χ4v) is 2.75. The average molecular weight is 247 g/mol. The maximum Gasteiger partial charge on any atom is 0.324 e. The number of aromatic nitrogens is 2. The summed E-state index contributed by atoms with van der Waals surface area (Å²) >= 11 is 2.87. The van der Waals surface area contributed by atoms with E-state index in [2.05, 4.69) is 15.5 Å². The van der Waals surface area contributed by atoms with Crippen LogP contribution in [0.2, 0.25) is 0 Å². The van der Waals surface area contributed by atoms with Crippen molar-refractivity contribution in [3.05, 3.63) is 5.01 Å². The van der Waals surface area contributed by atoms with Gasteiger partial charge in [-0.05, 0) is 20.9 Å². The summed E-state index contributed by atoms with van der Waals surface area (Å²) in [5.74, 6) is -0.438. The fraction of sp³-hybridized carbons (Fsp3) is 0.625. The van der Waals surface area contributed by atoms with E-state index in [0.717, 1.165) is 9.35 Å². The quantitative estimate of drug-likeness (QED) is 0.756. The van der Waals surface area contributed by atoms with E-state index in [4.69, 9.17) is 5.11 Å². The summed E-state index contributed by atoms with van der Waals surface area (Å²) < 4.78 is 0.801. The number of rotatable bonds is 5. The zero-order chi connectivity index (χ0) is 11.5. The first-order valence-electron chi connectivity index (χ1n) is 4.33. The monoisotopic (exact) mass is 247 g/mol. The second kappa shape index (κ2) is 4.91. The van der Waals surface area contributed by atoms with Crippen LogP contribution in [0.15, 0.2) is 4.34 Å². The number of aryl methyl sites for hydroxylation is 1. The molecule has 7 heteroatoms. The number of hydrogen-bond acceptors (Lipinski definition) is 6. The first-order chi connectivity index (χ1) is 6.98. The van der Waals surface area contributed by atoms with Gasteiger partial charge in [-0.3, -0.25) is 4.79 Å². The van der Waals surface area contributed by atoms with Crippen LogP contribution >= 0.6 is 23.1 Å². The number of likely N-dealkylation sites (N-methyl/N-ethyl adjacent to an activating group) is 1. The molecule has 0 aromatic carbocycles. The number of carbonyl (C=O) groups is 1. The SMILES string of the molecule is CNC(C)(CSc1nnc(C)s1)C(=O)O. The number of hydrogen-bond donors (Lipinski definition) is 2. The predicted molar refractivity (Wildman–Crippen MR) is 60.5 cm³/mol. The van der Waals surface area contributed by atoms with Gasteiger partial charge in [-0.25, -0.2) is 0 Å². The van der Waals surface area contributed by atoms with E-state index in [1.54, 1.807) is 14.0 Å². The summed E-state index contributed by atoms with van der Waals surface area (Å²) in [5.41, 5.74) is -0.926. The van der Waals surface area contributed by atoms with Gasteiger partial charge in [0.15, 0.2) is 4.34 Å². The van der Waals surface area contributed by atoms with Crippen LogP contribution in [0, 0.1) is 6.92 Å². The molecule has 15 heavy (non-hydrogen) atoms. The van der Waals surface area contributed by atoms with Gasteiger partial charge in [-0.2, -0.15) is 0 Å². The molecule has 0 spiro atoms. The smallest absolute Gasteiger partial charge is 0.324 e. The molecule has 5 nitrogen and oxygen atoms in total. The van der Waals surface area contributed by atoms with Crippen molar-refractivity contribution < 1.29 is 9.90 Å². The lowest BCUT2D eigenvalue weighted by molar-refractivity contribution is -0.142. The van der Waals surface area contributed by atoms with Crippen LogP contribution in [0.5, 0.6) is 0 Å². The molecule has 1 heterocycles. The van der Waals surface area contributed by atoms with Gasteiger partial charge in [0.05, 0.1) is 0 Å². The van der Waals surface area contributed by atoms with Crippen LogP contribution in [0.3, 0.4) is 0 Å². The Morgan fingerprint density at radius 2 is 2.33 bits per heavy atom. The van der Waals surface area contributed by atoms with Crippen LogP contribution < -0.4 is 5.32 Å². The molecule has 0 aliphatic carbocycles. The Balaban J connectivity index is 2.59. The van der Waals surface area contributed by atoms with E-state index in [9.17, 15) is 4.79 Å². The minimum Gasteiger partial charge on any atom is -0.480 e. The summed E-state index contributed by atoms with van der Waals surface area (Å²) in [6, 6.07) is 0. The minimum absolute atomic E-state index is 0.424. The van der Waals surface area contributed by atoms with Crippen molar-refractivity contribution in [2.75, 3.05) is 12.8 Å². The summed E-state index contributed by atoms with van der Waals surface area (Å²) in [6.07, 6.45) is 0. The highest BCUT2D eigenvalue weighted by Crippen LogP contribution is 2.25. The highest BCUT2D eigenvalue weighted by atomic mass is 32.2. The molecule has 1 unspecified atom stereocenters. The highest BCUT2D eigenvalue weighted by Gasteiger charge is 2.31. The third-order valence-electron chi connectivity index (χ3n) is 2.02. The van der Waals surface area contributed by atoms with Gasteiger partial charge in [0.2, 0.25) is 0 Å². The van der Waals surface area contributed by atoms with Crippen molar-refractivity contribution in [2.45, 2.75) is 23.7 Å². The molecule has 0 aliphatic rings. The Morgan fingerprint density at radius 3 is 2.73 bits per heavy atom. The third kappa shape index (κ3) is 3.15. The van der Waals surface area contributed by atoms with Crippen LogP contribution in [0.1, 0.15) is 11.9 Å².